The smallest absolute Gasteiger partial charge is 0.134 e. The monoisotopic (exact) mass is 283 g/mol. The molecule has 3 aliphatic rings. The van der Waals surface area contributed by atoms with Crippen LogP contribution in [-0.2, 0) is 11.2 Å². The Balaban J connectivity index is 1.85. The summed E-state index contributed by atoms with van der Waals surface area (Å²) >= 11 is 0. The number of carbonyl (C=O) groups excluding carboxylic acids is 1. The SMILES string of the molecule is CC(=O)C1CC2C(C)=CC1N(C)C2Cc1cccc(C)c1. The van der Waals surface area contributed by atoms with Crippen molar-refractivity contribution in [2.24, 2.45) is 11.8 Å². The fraction of sp³-hybridized carbons (Fsp3) is 0.526. The van der Waals surface area contributed by atoms with Crippen molar-refractivity contribution in [2.45, 2.75) is 45.7 Å². The number of fused-ring (bicyclic) bond motifs is 2. The fourth-order valence-corrected chi connectivity index (χ4v) is 4.25. The molecule has 4 atom stereocenters. The van der Waals surface area contributed by atoms with Crippen molar-refractivity contribution in [2.75, 3.05) is 7.05 Å². The molecule has 112 valence electrons. The Morgan fingerprint density at radius 3 is 2.76 bits per heavy atom. The Labute approximate surface area is 127 Å². The molecule has 1 fully saturated rings. The summed E-state index contributed by atoms with van der Waals surface area (Å²) in [5, 5.41) is 0. The van der Waals surface area contributed by atoms with Gasteiger partial charge in [-0.3, -0.25) is 9.69 Å². The normalized spacial score (nSPS) is 32.1. The summed E-state index contributed by atoms with van der Waals surface area (Å²) in [5.41, 5.74) is 4.21. The van der Waals surface area contributed by atoms with Gasteiger partial charge in [-0.15, -0.1) is 0 Å². The molecule has 1 aliphatic carbocycles. The number of piperidine rings is 1. The molecule has 21 heavy (non-hydrogen) atoms. The van der Waals surface area contributed by atoms with Gasteiger partial charge in [0.25, 0.3) is 0 Å². The van der Waals surface area contributed by atoms with Crippen molar-refractivity contribution >= 4 is 5.78 Å². The highest BCUT2D eigenvalue weighted by atomic mass is 16.1. The number of likely N-dealkylation sites (N-methyl/N-ethyl adjacent to an activating group) is 1. The van der Waals surface area contributed by atoms with Crippen LogP contribution in [0.3, 0.4) is 0 Å². The van der Waals surface area contributed by atoms with Crippen LogP contribution in [0.5, 0.6) is 0 Å². The Bertz CT molecular complexity index is 589. The molecule has 0 saturated carbocycles. The average molecular weight is 283 g/mol. The van der Waals surface area contributed by atoms with Gasteiger partial charge < -0.3 is 0 Å². The topological polar surface area (TPSA) is 20.3 Å². The average Bonchev–Trinajstić information content (AvgIpc) is 2.42. The number of Topliss-reactive ketones (excluding diaryl/α,β-unsaturated/α-hetero) is 1. The first-order valence-corrected chi connectivity index (χ1v) is 7.93. The highest BCUT2D eigenvalue weighted by Gasteiger charge is 2.45. The maximum absolute atomic E-state index is 11.9. The molecular formula is C19H25NO. The second-order valence-electron chi connectivity index (χ2n) is 6.89. The largest absolute Gasteiger partial charge is 0.300 e. The third-order valence-corrected chi connectivity index (χ3v) is 5.45. The van der Waals surface area contributed by atoms with Gasteiger partial charge in [0.05, 0.1) is 0 Å². The minimum atomic E-state index is 0.192. The van der Waals surface area contributed by atoms with Crippen LogP contribution in [0.2, 0.25) is 0 Å². The summed E-state index contributed by atoms with van der Waals surface area (Å²) in [6, 6.07) is 9.63. The summed E-state index contributed by atoms with van der Waals surface area (Å²) in [6.07, 6.45) is 4.44. The standard InChI is InChI=1S/C19H25NO/c1-12-6-5-7-15(8-12)10-19-16-11-17(14(3)21)18(20(19)4)9-13(16)2/h5-9,16-19H,10-11H2,1-4H3. The molecule has 0 spiro atoms. The molecule has 2 heteroatoms. The zero-order valence-corrected chi connectivity index (χ0v) is 13.5. The molecule has 2 aliphatic heterocycles. The molecule has 0 aromatic heterocycles. The molecule has 2 bridgehead atoms. The third-order valence-electron chi connectivity index (χ3n) is 5.45. The summed E-state index contributed by atoms with van der Waals surface area (Å²) in [7, 11) is 2.19. The first kappa shape index (κ1) is 14.5. The van der Waals surface area contributed by atoms with E-state index in [1.165, 1.54) is 16.7 Å². The molecular weight excluding hydrogens is 258 g/mol. The molecule has 2 heterocycles. The molecule has 0 radical (unpaired) electrons. The van der Waals surface area contributed by atoms with E-state index < -0.39 is 0 Å². The van der Waals surface area contributed by atoms with Gasteiger partial charge in [0.1, 0.15) is 5.78 Å². The van der Waals surface area contributed by atoms with Crippen LogP contribution < -0.4 is 0 Å². The molecule has 1 aromatic rings. The lowest BCUT2D eigenvalue weighted by molar-refractivity contribution is -0.125. The summed E-state index contributed by atoms with van der Waals surface area (Å²) in [6.45, 7) is 6.14. The van der Waals surface area contributed by atoms with E-state index in [0.29, 0.717) is 23.8 Å². The fourth-order valence-electron chi connectivity index (χ4n) is 4.25. The highest BCUT2D eigenvalue weighted by Crippen LogP contribution is 2.43. The number of benzene rings is 1. The van der Waals surface area contributed by atoms with Crippen molar-refractivity contribution in [3.63, 3.8) is 0 Å². The minimum absolute atomic E-state index is 0.192. The van der Waals surface area contributed by atoms with Crippen LogP contribution in [0, 0.1) is 18.8 Å². The highest BCUT2D eigenvalue weighted by molar-refractivity contribution is 5.80. The number of ketones is 1. The van der Waals surface area contributed by atoms with Gasteiger partial charge in [0.15, 0.2) is 0 Å². The lowest BCUT2D eigenvalue weighted by Crippen LogP contribution is -2.58. The minimum Gasteiger partial charge on any atom is -0.300 e. The molecule has 0 N–H and O–H groups in total. The Kier molecular flexibility index (Phi) is 3.75. The molecule has 4 rings (SSSR count). The van der Waals surface area contributed by atoms with Gasteiger partial charge in [0, 0.05) is 18.0 Å². The van der Waals surface area contributed by atoms with Crippen LogP contribution in [0.1, 0.15) is 31.4 Å². The summed E-state index contributed by atoms with van der Waals surface area (Å²) in [4.78, 5) is 14.3. The Morgan fingerprint density at radius 1 is 1.33 bits per heavy atom. The quantitative estimate of drug-likeness (QED) is 0.793. The number of aryl methyl sites for hydroxylation is 1. The van der Waals surface area contributed by atoms with Gasteiger partial charge in [-0.05, 0) is 52.1 Å². The predicted molar refractivity (Wildman–Crippen MR) is 86.3 cm³/mol. The first-order valence-electron chi connectivity index (χ1n) is 7.93. The van der Waals surface area contributed by atoms with Crippen LogP contribution in [0.15, 0.2) is 35.9 Å². The Hall–Kier alpha value is -1.41. The maximum atomic E-state index is 11.9. The van der Waals surface area contributed by atoms with E-state index in [9.17, 15) is 4.79 Å². The second-order valence-corrected chi connectivity index (χ2v) is 6.89. The molecule has 4 unspecified atom stereocenters. The number of hydrogen-bond donors (Lipinski definition) is 0. The summed E-state index contributed by atoms with van der Waals surface area (Å²) < 4.78 is 0. The van der Waals surface area contributed by atoms with E-state index in [-0.39, 0.29) is 5.92 Å². The lowest BCUT2D eigenvalue weighted by Gasteiger charge is -2.52. The van der Waals surface area contributed by atoms with Gasteiger partial charge >= 0.3 is 0 Å². The van der Waals surface area contributed by atoms with Gasteiger partial charge in [-0.25, -0.2) is 0 Å². The van der Waals surface area contributed by atoms with Crippen molar-refractivity contribution in [3.8, 4) is 0 Å². The Morgan fingerprint density at radius 2 is 2.10 bits per heavy atom. The van der Waals surface area contributed by atoms with Gasteiger partial charge in [-0.2, -0.15) is 0 Å². The van der Waals surface area contributed by atoms with Crippen LogP contribution in [0.25, 0.3) is 0 Å². The van der Waals surface area contributed by atoms with Crippen LogP contribution >= 0.6 is 0 Å². The number of nitrogens with zero attached hydrogens (tertiary/aromatic N) is 1. The van der Waals surface area contributed by atoms with E-state index in [2.05, 4.69) is 56.1 Å². The lowest BCUT2D eigenvalue weighted by atomic mass is 9.67. The molecule has 2 nitrogen and oxygen atoms in total. The van der Waals surface area contributed by atoms with Gasteiger partial charge in [-0.1, -0.05) is 41.5 Å². The van der Waals surface area contributed by atoms with E-state index in [4.69, 9.17) is 0 Å². The van der Waals surface area contributed by atoms with Crippen molar-refractivity contribution in [1.29, 1.82) is 0 Å². The van der Waals surface area contributed by atoms with Crippen molar-refractivity contribution in [1.82, 2.24) is 4.90 Å². The second kappa shape index (κ2) is 5.42. The zero-order valence-electron chi connectivity index (χ0n) is 13.5. The number of hydrogen-bond acceptors (Lipinski definition) is 2. The number of rotatable bonds is 3. The predicted octanol–water partition coefficient (Wildman–Crippen LogP) is 3.39. The maximum Gasteiger partial charge on any atom is 0.134 e. The van der Waals surface area contributed by atoms with Gasteiger partial charge in [0.2, 0.25) is 0 Å². The summed E-state index contributed by atoms with van der Waals surface area (Å²) in [5.74, 6) is 1.06. The van der Waals surface area contributed by atoms with Crippen molar-refractivity contribution < 1.29 is 4.79 Å². The molecule has 1 aromatic carbocycles. The molecule has 0 amide bonds. The molecule has 1 saturated heterocycles. The van der Waals surface area contributed by atoms with E-state index >= 15 is 0 Å². The zero-order chi connectivity index (χ0) is 15.1. The van der Waals surface area contributed by atoms with E-state index in [0.717, 1.165) is 12.8 Å². The van der Waals surface area contributed by atoms with E-state index in [1.807, 2.05) is 0 Å². The third kappa shape index (κ3) is 2.57. The van der Waals surface area contributed by atoms with Crippen LogP contribution in [0.4, 0.5) is 0 Å². The van der Waals surface area contributed by atoms with Crippen LogP contribution in [-0.4, -0.2) is 29.8 Å². The van der Waals surface area contributed by atoms with Crippen molar-refractivity contribution in [3.05, 3.63) is 47.0 Å². The first-order chi connectivity index (χ1) is 9.97. The van der Waals surface area contributed by atoms with E-state index in [1.54, 1.807) is 6.92 Å². The number of carbonyl (C=O) groups is 1.